The molecule has 3 rings (SSSR count). The van der Waals surface area contributed by atoms with Crippen molar-refractivity contribution in [1.29, 1.82) is 0 Å². The van der Waals surface area contributed by atoms with Crippen LogP contribution in [-0.4, -0.2) is 46.7 Å². The zero-order valence-corrected chi connectivity index (χ0v) is 16.2. The number of nitrogens with zero attached hydrogens (tertiary/aromatic N) is 3. The standard InChI is InChI=1S/C20H27N5O2/c1-4-27-20(26)25-9-7-16(8-10-25)23-18-12-19(22-13-21-18)24-17-11-14(2)5-6-15(17)3/h5-6,11-13,16H,4,7-10H2,1-3H3,(H2,21,22,23,24). The van der Waals surface area contributed by atoms with Gasteiger partial charge < -0.3 is 20.3 Å². The summed E-state index contributed by atoms with van der Waals surface area (Å²) in [4.78, 5) is 22.2. The van der Waals surface area contributed by atoms with Gasteiger partial charge in [-0.15, -0.1) is 0 Å². The molecule has 27 heavy (non-hydrogen) atoms. The van der Waals surface area contributed by atoms with Crippen LogP contribution in [0.2, 0.25) is 0 Å². The maximum atomic E-state index is 11.8. The molecule has 7 heteroatoms. The average molecular weight is 369 g/mol. The number of carbonyl (C=O) groups is 1. The van der Waals surface area contributed by atoms with Crippen LogP contribution >= 0.6 is 0 Å². The van der Waals surface area contributed by atoms with E-state index < -0.39 is 0 Å². The number of rotatable bonds is 5. The molecule has 7 nitrogen and oxygen atoms in total. The minimum Gasteiger partial charge on any atom is -0.450 e. The highest BCUT2D eigenvalue weighted by atomic mass is 16.6. The lowest BCUT2D eigenvalue weighted by Gasteiger charge is -2.31. The maximum Gasteiger partial charge on any atom is 0.409 e. The highest BCUT2D eigenvalue weighted by molar-refractivity contribution is 5.67. The first-order valence-corrected chi connectivity index (χ1v) is 9.39. The van der Waals surface area contributed by atoms with Crippen molar-refractivity contribution in [2.75, 3.05) is 30.3 Å². The number of anilines is 3. The van der Waals surface area contributed by atoms with Crippen LogP contribution < -0.4 is 10.6 Å². The SMILES string of the molecule is CCOC(=O)N1CCC(Nc2cc(Nc3cc(C)ccc3C)ncn2)CC1. The second-order valence-corrected chi connectivity index (χ2v) is 6.84. The molecule has 0 radical (unpaired) electrons. The fourth-order valence-corrected chi connectivity index (χ4v) is 3.14. The number of nitrogens with one attached hydrogen (secondary N) is 2. The molecule has 1 aliphatic rings. The summed E-state index contributed by atoms with van der Waals surface area (Å²) in [6.07, 6.45) is 3.06. The van der Waals surface area contributed by atoms with Crippen molar-refractivity contribution in [2.24, 2.45) is 0 Å². The van der Waals surface area contributed by atoms with E-state index in [9.17, 15) is 4.79 Å². The van der Waals surface area contributed by atoms with Gasteiger partial charge in [-0.1, -0.05) is 12.1 Å². The molecule has 1 saturated heterocycles. The third-order valence-electron chi connectivity index (χ3n) is 4.70. The molecule has 0 spiro atoms. The fourth-order valence-electron chi connectivity index (χ4n) is 3.14. The zero-order chi connectivity index (χ0) is 19.2. The van der Waals surface area contributed by atoms with Crippen molar-refractivity contribution < 1.29 is 9.53 Å². The molecule has 2 aromatic rings. The van der Waals surface area contributed by atoms with Gasteiger partial charge in [-0.2, -0.15) is 0 Å². The minimum atomic E-state index is -0.224. The smallest absolute Gasteiger partial charge is 0.409 e. The lowest BCUT2D eigenvalue weighted by molar-refractivity contribution is 0.0983. The van der Waals surface area contributed by atoms with Crippen molar-refractivity contribution in [3.8, 4) is 0 Å². The molecule has 0 atom stereocenters. The van der Waals surface area contributed by atoms with Crippen LogP contribution in [0.4, 0.5) is 22.1 Å². The Bertz CT molecular complexity index is 788. The molecule has 1 aliphatic heterocycles. The number of hydrogen-bond acceptors (Lipinski definition) is 6. The van der Waals surface area contributed by atoms with Gasteiger partial charge in [0.2, 0.25) is 0 Å². The van der Waals surface area contributed by atoms with Gasteiger partial charge in [0.1, 0.15) is 18.0 Å². The number of piperidine rings is 1. The first-order chi connectivity index (χ1) is 13.0. The average Bonchev–Trinajstić information content (AvgIpc) is 2.66. The third-order valence-corrected chi connectivity index (χ3v) is 4.70. The van der Waals surface area contributed by atoms with Gasteiger partial charge in [0, 0.05) is 30.9 Å². The Hall–Kier alpha value is -2.83. The van der Waals surface area contributed by atoms with Crippen LogP contribution in [-0.2, 0) is 4.74 Å². The molecular weight excluding hydrogens is 342 g/mol. The Balaban J connectivity index is 1.58. The Kier molecular flexibility index (Phi) is 6.11. The predicted octanol–water partition coefficient (Wildman–Crippen LogP) is 3.87. The van der Waals surface area contributed by atoms with E-state index in [1.165, 1.54) is 11.1 Å². The van der Waals surface area contributed by atoms with Gasteiger partial charge in [-0.25, -0.2) is 14.8 Å². The molecule has 0 saturated carbocycles. The maximum absolute atomic E-state index is 11.8. The monoisotopic (exact) mass is 369 g/mol. The van der Waals surface area contributed by atoms with Gasteiger partial charge in [-0.3, -0.25) is 0 Å². The Morgan fingerprint density at radius 1 is 1.19 bits per heavy atom. The van der Waals surface area contributed by atoms with Gasteiger partial charge >= 0.3 is 6.09 Å². The van der Waals surface area contributed by atoms with Crippen molar-refractivity contribution in [3.63, 3.8) is 0 Å². The number of benzene rings is 1. The van der Waals surface area contributed by atoms with E-state index in [-0.39, 0.29) is 12.1 Å². The summed E-state index contributed by atoms with van der Waals surface area (Å²) in [6, 6.07) is 8.49. The summed E-state index contributed by atoms with van der Waals surface area (Å²) < 4.78 is 5.06. The number of amides is 1. The summed E-state index contributed by atoms with van der Waals surface area (Å²) >= 11 is 0. The first kappa shape index (κ1) is 18.9. The van der Waals surface area contributed by atoms with E-state index in [1.807, 2.05) is 13.0 Å². The van der Waals surface area contributed by atoms with Crippen LogP contribution in [0.3, 0.4) is 0 Å². The number of aromatic nitrogens is 2. The molecule has 1 fully saturated rings. The summed E-state index contributed by atoms with van der Waals surface area (Å²) in [5, 5.41) is 6.82. The van der Waals surface area contributed by atoms with Crippen LogP contribution in [0, 0.1) is 13.8 Å². The Morgan fingerprint density at radius 3 is 2.67 bits per heavy atom. The second kappa shape index (κ2) is 8.70. The lowest BCUT2D eigenvalue weighted by Crippen LogP contribution is -2.42. The van der Waals surface area contributed by atoms with Crippen molar-refractivity contribution in [2.45, 2.75) is 39.7 Å². The van der Waals surface area contributed by atoms with Crippen LogP contribution in [0.15, 0.2) is 30.6 Å². The van der Waals surface area contributed by atoms with E-state index in [1.54, 1.807) is 11.2 Å². The molecular formula is C20H27N5O2. The molecule has 2 N–H and O–H groups in total. The van der Waals surface area contributed by atoms with Crippen molar-refractivity contribution in [3.05, 3.63) is 41.7 Å². The summed E-state index contributed by atoms with van der Waals surface area (Å²) in [7, 11) is 0. The topological polar surface area (TPSA) is 79.4 Å². The predicted molar refractivity (Wildman–Crippen MR) is 106 cm³/mol. The molecule has 0 bridgehead atoms. The summed E-state index contributed by atoms with van der Waals surface area (Å²) in [5.74, 6) is 1.54. The molecule has 0 unspecified atom stereocenters. The Morgan fingerprint density at radius 2 is 1.93 bits per heavy atom. The fraction of sp³-hybridized carbons (Fsp3) is 0.450. The van der Waals surface area contributed by atoms with Crippen LogP contribution in [0.25, 0.3) is 0 Å². The largest absolute Gasteiger partial charge is 0.450 e. The number of carbonyl (C=O) groups excluding carboxylic acids is 1. The quantitative estimate of drug-likeness (QED) is 0.833. The molecule has 2 heterocycles. The van der Waals surface area contributed by atoms with Crippen molar-refractivity contribution in [1.82, 2.24) is 14.9 Å². The van der Waals surface area contributed by atoms with Gasteiger partial charge in [0.15, 0.2) is 0 Å². The lowest BCUT2D eigenvalue weighted by atomic mass is 10.1. The second-order valence-electron chi connectivity index (χ2n) is 6.84. The zero-order valence-electron chi connectivity index (χ0n) is 16.2. The van der Waals surface area contributed by atoms with Crippen LogP contribution in [0.5, 0.6) is 0 Å². The van der Waals surface area contributed by atoms with Crippen molar-refractivity contribution >= 4 is 23.4 Å². The van der Waals surface area contributed by atoms with E-state index in [0.717, 1.165) is 30.2 Å². The summed E-state index contributed by atoms with van der Waals surface area (Å²) in [6.45, 7) is 7.75. The highest BCUT2D eigenvalue weighted by Gasteiger charge is 2.23. The molecule has 1 aromatic carbocycles. The number of hydrogen-bond donors (Lipinski definition) is 2. The highest BCUT2D eigenvalue weighted by Crippen LogP contribution is 2.22. The van der Waals surface area contributed by atoms with E-state index in [4.69, 9.17) is 4.74 Å². The number of aryl methyl sites for hydroxylation is 2. The molecule has 1 amide bonds. The summed E-state index contributed by atoms with van der Waals surface area (Å²) in [5.41, 5.74) is 3.41. The molecule has 0 aliphatic carbocycles. The third kappa shape index (κ3) is 5.09. The van der Waals surface area contributed by atoms with Gasteiger partial charge in [-0.05, 0) is 50.8 Å². The first-order valence-electron chi connectivity index (χ1n) is 9.39. The molecule has 144 valence electrons. The number of likely N-dealkylation sites (tertiary alicyclic amines) is 1. The minimum absolute atomic E-state index is 0.224. The van der Waals surface area contributed by atoms with E-state index in [2.05, 4.69) is 52.6 Å². The normalized spacial score (nSPS) is 14.7. The Labute approximate surface area is 160 Å². The van der Waals surface area contributed by atoms with Gasteiger partial charge in [0.05, 0.1) is 6.61 Å². The number of ether oxygens (including phenoxy) is 1. The van der Waals surface area contributed by atoms with E-state index >= 15 is 0 Å². The van der Waals surface area contributed by atoms with E-state index in [0.29, 0.717) is 19.7 Å². The van der Waals surface area contributed by atoms with Gasteiger partial charge in [0.25, 0.3) is 0 Å². The van der Waals surface area contributed by atoms with Crippen LogP contribution in [0.1, 0.15) is 30.9 Å². The molecule has 1 aromatic heterocycles.